The molecule has 2 N–H and O–H groups in total. The van der Waals surface area contributed by atoms with Crippen LogP contribution in [0.4, 0.5) is 0 Å². The molecule has 0 saturated carbocycles. The number of carbonyl (C=O) groups excluding carboxylic acids is 1. The van der Waals surface area contributed by atoms with E-state index < -0.39 is 11.9 Å². The summed E-state index contributed by atoms with van der Waals surface area (Å²) < 4.78 is 5.01. The standard InChI is InChI=1S/C13H15NO4/c1-18-9-11-4-2-3-10(7-11)8-14-12(15)5-6-13(16)17/h2-7H,8-9H2,1H3,(H,14,15)(H,16,17)/b6-5+. The van der Waals surface area contributed by atoms with Crippen molar-refractivity contribution in [2.75, 3.05) is 7.11 Å². The summed E-state index contributed by atoms with van der Waals surface area (Å²) in [5, 5.41) is 11.0. The highest BCUT2D eigenvalue weighted by Gasteiger charge is 1.99. The van der Waals surface area contributed by atoms with Gasteiger partial charge in [-0.25, -0.2) is 4.79 Å². The van der Waals surface area contributed by atoms with Gasteiger partial charge in [0.2, 0.25) is 5.91 Å². The zero-order valence-electron chi connectivity index (χ0n) is 10.1. The third-order valence-corrected chi connectivity index (χ3v) is 2.15. The molecule has 0 atom stereocenters. The van der Waals surface area contributed by atoms with Crippen molar-refractivity contribution in [3.05, 3.63) is 47.5 Å². The first-order valence-corrected chi connectivity index (χ1v) is 5.37. The summed E-state index contributed by atoms with van der Waals surface area (Å²) in [6.07, 6.45) is 1.79. The maximum Gasteiger partial charge on any atom is 0.328 e. The van der Waals surface area contributed by atoms with Gasteiger partial charge >= 0.3 is 5.97 Å². The number of benzene rings is 1. The molecule has 1 aromatic rings. The van der Waals surface area contributed by atoms with Gasteiger partial charge in [0.05, 0.1) is 6.61 Å². The molecule has 1 rings (SSSR count). The van der Waals surface area contributed by atoms with Crippen LogP contribution in [0.15, 0.2) is 36.4 Å². The molecule has 5 nitrogen and oxygen atoms in total. The fraction of sp³-hybridized carbons (Fsp3) is 0.231. The van der Waals surface area contributed by atoms with Crippen molar-refractivity contribution in [1.82, 2.24) is 5.32 Å². The lowest BCUT2D eigenvalue weighted by molar-refractivity contribution is -0.131. The monoisotopic (exact) mass is 249 g/mol. The quantitative estimate of drug-likeness (QED) is 0.740. The van der Waals surface area contributed by atoms with Gasteiger partial charge in [0, 0.05) is 25.8 Å². The van der Waals surface area contributed by atoms with Gasteiger partial charge in [-0.3, -0.25) is 4.79 Å². The first kappa shape index (κ1) is 13.9. The van der Waals surface area contributed by atoms with Crippen LogP contribution in [0.1, 0.15) is 11.1 Å². The van der Waals surface area contributed by atoms with Crippen molar-refractivity contribution in [3.63, 3.8) is 0 Å². The Morgan fingerprint density at radius 1 is 1.33 bits per heavy atom. The maximum absolute atomic E-state index is 11.2. The predicted octanol–water partition coefficient (Wildman–Crippen LogP) is 1.09. The molecule has 1 amide bonds. The van der Waals surface area contributed by atoms with Crippen LogP contribution >= 0.6 is 0 Å². The van der Waals surface area contributed by atoms with E-state index >= 15 is 0 Å². The summed E-state index contributed by atoms with van der Waals surface area (Å²) in [5.41, 5.74) is 1.95. The largest absolute Gasteiger partial charge is 0.478 e. The highest BCUT2D eigenvalue weighted by molar-refractivity contribution is 5.93. The molecule has 0 bridgehead atoms. The van der Waals surface area contributed by atoms with E-state index in [1.54, 1.807) is 7.11 Å². The number of carboxylic acid groups (broad SMARTS) is 1. The van der Waals surface area contributed by atoms with E-state index in [2.05, 4.69) is 5.32 Å². The Kier molecular flexibility index (Phi) is 5.60. The molecule has 0 unspecified atom stereocenters. The molecule has 0 saturated heterocycles. The number of hydrogen-bond acceptors (Lipinski definition) is 3. The predicted molar refractivity (Wildman–Crippen MR) is 65.8 cm³/mol. The minimum Gasteiger partial charge on any atom is -0.478 e. The summed E-state index contributed by atoms with van der Waals surface area (Å²) >= 11 is 0. The third-order valence-electron chi connectivity index (χ3n) is 2.15. The van der Waals surface area contributed by atoms with E-state index in [1.165, 1.54) is 0 Å². The van der Waals surface area contributed by atoms with Gasteiger partial charge in [-0.15, -0.1) is 0 Å². The highest BCUT2D eigenvalue weighted by Crippen LogP contribution is 2.06. The van der Waals surface area contributed by atoms with Crippen molar-refractivity contribution < 1.29 is 19.4 Å². The van der Waals surface area contributed by atoms with Gasteiger partial charge in [0.25, 0.3) is 0 Å². The Hall–Kier alpha value is -2.14. The van der Waals surface area contributed by atoms with E-state index in [1.807, 2.05) is 24.3 Å². The van der Waals surface area contributed by atoms with Crippen LogP contribution in [0.3, 0.4) is 0 Å². The Balaban J connectivity index is 2.50. The van der Waals surface area contributed by atoms with E-state index in [-0.39, 0.29) is 0 Å². The number of rotatable bonds is 6. The minimum atomic E-state index is -1.15. The number of amides is 1. The Morgan fingerprint density at radius 2 is 2.06 bits per heavy atom. The SMILES string of the molecule is COCc1cccc(CNC(=O)/C=C/C(=O)O)c1. The van der Waals surface area contributed by atoms with Crippen LogP contribution in [0.5, 0.6) is 0 Å². The van der Waals surface area contributed by atoms with E-state index in [0.717, 1.165) is 23.3 Å². The van der Waals surface area contributed by atoms with Gasteiger partial charge in [0.1, 0.15) is 0 Å². The van der Waals surface area contributed by atoms with Crippen molar-refractivity contribution in [2.45, 2.75) is 13.2 Å². The maximum atomic E-state index is 11.2. The fourth-order valence-electron chi connectivity index (χ4n) is 1.39. The van der Waals surface area contributed by atoms with Crippen molar-refractivity contribution >= 4 is 11.9 Å². The van der Waals surface area contributed by atoms with Crippen molar-refractivity contribution in [3.8, 4) is 0 Å². The van der Waals surface area contributed by atoms with E-state index in [0.29, 0.717) is 13.2 Å². The molecule has 1 aromatic carbocycles. The highest BCUT2D eigenvalue weighted by atomic mass is 16.5. The number of nitrogens with one attached hydrogen (secondary N) is 1. The second-order valence-corrected chi connectivity index (χ2v) is 3.64. The fourth-order valence-corrected chi connectivity index (χ4v) is 1.39. The Labute approximate surface area is 105 Å². The van der Waals surface area contributed by atoms with E-state index in [9.17, 15) is 9.59 Å². The van der Waals surface area contributed by atoms with Crippen LogP contribution in [-0.4, -0.2) is 24.1 Å². The first-order chi connectivity index (χ1) is 8.61. The average molecular weight is 249 g/mol. The van der Waals surface area contributed by atoms with Gasteiger partial charge < -0.3 is 15.2 Å². The first-order valence-electron chi connectivity index (χ1n) is 5.37. The van der Waals surface area contributed by atoms with Crippen molar-refractivity contribution in [2.24, 2.45) is 0 Å². The molecule has 0 aliphatic rings. The van der Waals surface area contributed by atoms with Crippen LogP contribution in [-0.2, 0) is 27.5 Å². The van der Waals surface area contributed by atoms with Crippen LogP contribution in [0.25, 0.3) is 0 Å². The second-order valence-electron chi connectivity index (χ2n) is 3.64. The van der Waals surface area contributed by atoms with Gasteiger partial charge in [-0.2, -0.15) is 0 Å². The average Bonchev–Trinajstić information content (AvgIpc) is 2.35. The number of carbonyl (C=O) groups is 2. The molecule has 0 aliphatic heterocycles. The summed E-state index contributed by atoms with van der Waals surface area (Å²) in [7, 11) is 1.62. The molecular formula is C13H15NO4. The molecular weight excluding hydrogens is 234 g/mol. The lowest BCUT2D eigenvalue weighted by atomic mass is 10.1. The molecule has 0 heterocycles. The molecule has 0 aliphatic carbocycles. The molecule has 0 spiro atoms. The van der Waals surface area contributed by atoms with Gasteiger partial charge in [-0.1, -0.05) is 24.3 Å². The number of aliphatic carboxylic acids is 1. The van der Waals surface area contributed by atoms with Crippen molar-refractivity contribution in [1.29, 1.82) is 0 Å². The number of hydrogen-bond donors (Lipinski definition) is 2. The van der Waals surface area contributed by atoms with Crippen LogP contribution in [0.2, 0.25) is 0 Å². The molecule has 18 heavy (non-hydrogen) atoms. The number of methoxy groups -OCH3 is 1. The summed E-state index contributed by atoms with van der Waals surface area (Å²) in [4.78, 5) is 21.5. The topological polar surface area (TPSA) is 75.6 Å². The zero-order chi connectivity index (χ0) is 13.4. The molecule has 5 heteroatoms. The lowest BCUT2D eigenvalue weighted by Crippen LogP contribution is -2.20. The lowest BCUT2D eigenvalue weighted by Gasteiger charge is -2.05. The number of carboxylic acids is 1. The molecule has 0 aromatic heterocycles. The normalized spacial score (nSPS) is 10.5. The Morgan fingerprint density at radius 3 is 2.72 bits per heavy atom. The minimum absolute atomic E-state index is 0.348. The van der Waals surface area contributed by atoms with Crippen LogP contribution in [0, 0.1) is 0 Å². The van der Waals surface area contributed by atoms with Crippen LogP contribution < -0.4 is 5.32 Å². The summed E-state index contributed by atoms with van der Waals surface area (Å²) in [6.45, 7) is 0.862. The second kappa shape index (κ2) is 7.24. The molecule has 0 fully saturated rings. The molecule has 96 valence electrons. The molecule has 0 radical (unpaired) electrons. The Bertz CT molecular complexity index is 454. The third kappa shape index (κ3) is 5.27. The van der Waals surface area contributed by atoms with Gasteiger partial charge in [0.15, 0.2) is 0 Å². The number of ether oxygens (including phenoxy) is 1. The summed E-state index contributed by atoms with van der Waals surface area (Å²) in [5.74, 6) is -1.58. The van der Waals surface area contributed by atoms with E-state index in [4.69, 9.17) is 9.84 Å². The van der Waals surface area contributed by atoms with Gasteiger partial charge in [-0.05, 0) is 11.1 Å². The zero-order valence-corrected chi connectivity index (χ0v) is 10.1. The smallest absolute Gasteiger partial charge is 0.328 e. The summed E-state index contributed by atoms with van der Waals surface area (Å²) in [6, 6.07) is 7.60.